The molecule has 3 nitrogen and oxygen atoms in total. The molecule has 2 aromatic carbocycles. The van der Waals surface area contributed by atoms with Gasteiger partial charge < -0.3 is 9.84 Å². The van der Waals surface area contributed by atoms with E-state index in [1.54, 1.807) is 19.2 Å². The molecule has 3 rings (SSSR count). The summed E-state index contributed by atoms with van der Waals surface area (Å²) in [6, 6.07) is 13.2. The smallest absolute Gasteiger partial charge is 0.147 e. The van der Waals surface area contributed by atoms with Crippen molar-refractivity contribution in [3.05, 3.63) is 62.7 Å². The fraction of sp³-hybridized carbons (Fsp3) is 0.0556. The number of phenols is 1. The lowest BCUT2D eigenvalue weighted by Crippen LogP contribution is -1.87. The molecule has 3 aromatic rings. The molecule has 0 radical (unpaired) electrons. The Kier molecular flexibility index (Phi) is 4.68. The van der Waals surface area contributed by atoms with Gasteiger partial charge in [-0.2, -0.15) is 0 Å². The molecule has 0 aliphatic heterocycles. The predicted molar refractivity (Wildman–Crippen MR) is 101 cm³/mol. The minimum atomic E-state index is 0.188. The molecule has 1 heterocycles. The fourth-order valence-electron chi connectivity index (χ4n) is 2.29. The molecular weight excluding hydrogens is 422 g/mol. The van der Waals surface area contributed by atoms with Crippen LogP contribution in [0.25, 0.3) is 23.1 Å². The quantitative estimate of drug-likeness (QED) is 0.579. The van der Waals surface area contributed by atoms with E-state index >= 15 is 0 Å². The van der Waals surface area contributed by atoms with Crippen LogP contribution in [0.4, 0.5) is 0 Å². The standard InChI is InChI=1S/C18H13Br2NO2/c1-23-18-14(19)9-11(10-15(18)20)5-7-13-8-6-12-3-2-4-16(22)17(12)21-13/h2-10,22H,1H3/b7-5+. The summed E-state index contributed by atoms with van der Waals surface area (Å²) in [5, 5.41) is 10.8. The Morgan fingerprint density at radius 1 is 1.04 bits per heavy atom. The minimum absolute atomic E-state index is 0.188. The highest BCUT2D eigenvalue weighted by atomic mass is 79.9. The number of ether oxygens (including phenoxy) is 1. The third-order valence-corrected chi connectivity index (χ3v) is 4.57. The summed E-state index contributed by atoms with van der Waals surface area (Å²) in [6.45, 7) is 0. The molecule has 0 amide bonds. The van der Waals surface area contributed by atoms with E-state index in [-0.39, 0.29) is 5.75 Å². The van der Waals surface area contributed by atoms with Crippen LogP contribution in [0, 0.1) is 0 Å². The van der Waals surface area contributed by atoms with Crippen molar-refractivity contribution in [2.75, 3.05) is 7.11 Å². The number of hydrogen-bond donors (Lipinski definition) is 1. The number of aromatic hydroxyl groups is 1. The normalized spacial score (nSPS) is 11.3. The van der Waals surface area contributed by atoms with E-state index in [1.807, 2.05) is 42.5 Å². The first-order valence-corrected chi connectivity index (χ1v) is 8.47. The summed E-state index contributed by atoms with van der Waals surface area (Å²) in [7, 11) is 1.63. The maximum Gasteiger partial charge on any atom is 0.147 e. The number of halogens is 2. The molecule has 0 aliphatic rings. The summed E-state index contributed by atoms with van der Waals surface area (Å²) in [4.78, 5) is 4.48. The molecule has 0 unspecified atom stereocenters. The van der Waals surface area contributed by atoms with Crippen LogP contribution in [0.5, 0.6) is 11.5 Å². The lowest BCUT2D eigenvalue weighted by molar-refractivity contribution is 0.409. The van der Waals surface area contributed by atoms with Gasteiger partial charge in [-0.25, -0.2) is 4.98 Å². The molecule has 1 N–H and O–H groups in total. The van der Waals surface area contributed by atoms with Gasteiger partial charge in [-0.3, -0.25) is 0 Å². The van der Waals surface area contributed by atoms with Crippen molar-refractivity contribution in [3.8, 4) is 11.5 Å². The second kappa shape index (κ2) is 6.72. The van der Waals surface area contributed by atoms with Crippen LogP contribution in [-0.2, 0) is 0 Å². The molecule has 5 heteroatoms. The third kappa shape index (κ3) is 3.41. The highest BCUT2D eigenvalue weighted by Gasteiger charge is 2.06. The second-order valence-corrected chi connectivity index (χ2v) is 6.64. The third-order valence-electron chi connectivity index (χ3n) is 3.39. The van der Waals surface area contributed by atoms with E-state index in [0.29, 0.717) is 5.52 Å². The number of para-hydroxylation sites is 1. The van der Waals surface area contributed by atoms with Gasteiger partial charge in [0.05, 0.1) is 21.7 Å². The number of benzene rings is 2. The monoisotopic (exact) mass is 433 g/mol. The zero-order chi connectivity index (χ0) is 16.4. The van der Waals surface area contributed by atoms with Crippen LogP contribution in [0.3, 0.4) is 0 Å². The number of aromatic nitrogens is 1. The van der Waals surface area contributed by atoms with E-state index in [1.165, 1.54) is 0 Å². The van der Waals surface area contributed by atoms with Gasteiger partial charge in [0.15, 0.2) is 0 Å². The first-order chi connectivity index (χ1) is 11.1. The van der Waals surface area contributed by atoms with Crippen molar-refractivity contribution in [1.29, 1.82) is 0 Å². The highest BCUT2D eigenvalue weighted by molar-refractivity contribution is 9.11. The number of methoxy groups -OCH3 is 1. The van der Waals surface area contributed by atoms with Gasteiger partial charge in [-0.1, -0.05) is 24.3 Å². The maximum atomic E-state index is 9.90. The van der Waals surface area contributed by atoms with Gasteiger partial charge in [0.25, 0.3) is 0 Å². The molecule has 0 fully saturated rings. The summed E-state index contributed by atoms with van der Waals surface area (Å²) in [6.07, 6.45) is 3.87. The Hall–Kier alpha value is -1.85. The lowest BCUT2D eigenvalue weighted by atomic mass is 10.1. The zero-order valence-corrected chi connectivity index (χ0v) is 15.4. The molecule has 0 spiro atoms. The molecule has 0 saturated heterocycles. The summed E-state index contributed by atoms with van der Waals surface area (Å²) in [5.41, 5.74) is 2.39. The van der Waals surface area contributed by atoms with Gasteiger partial charge in [0.1, 0.15) is 17.0 Å². The lowest BCUT2D eigenvalue weighted by Gasteiger charge is -2.07. The number of rotatable bonds is 3. The van der Waals surface area contributed by atoms with Crippen LogP contribution in [0.2, 0.25) is 0 Å². The minimum Gasteiger partial charge on any atom is -0.506 e. The largest absolute Gasteiger partial charge is 0.506 e. The van der Waals surface area contributed by atoms with Crippen LogP contribution in [0.1, 0.15) is 11.3 Å². The average molecular weight is 435 g/mol. The summed E-state index contributed by atoms with van der Waals surface area (Å²) in [5.74, 6) is 0.948. The van der Waals surface area contributed by atoms with Gasteiger partial charge in [0, 0.05) is 5.39 Å². The molecule has 0 atom stereocenters. The van der Waals surface area contributed by atoms with Gasteiger partial charge in [-0.15, -0.1) is 0 Å². The Bertz CT molecular complexity index is 884. The SMILES string of the molecule is COc1c(Br)cc(/C=C/c2ccc3cccc(O)c3n2)cc1Br. The molecule has 1 aromatic heterocycles. The summed E-state index contributed by atoms with van der Waals surface area (Å²) >= 11 is 6.98. The van der Waals surface area contributed by atoms with E-state index in [9.17, 15) is 5.11 Å². The molecule has 23 heavy (non-hydrogen) atoms. The van der Waals surface area contributed by atoms with Crippen molar-refractivity contribution in [2.45, 2.75) is 0 Å². The van der Waals surface area contributed by atoms with E-state index in [0.717, 1.165) is 31.3 Å². The Labute approximate surface area is 150 Å². The van der Waals surface area contributed by atoms with Crippen LogP contribution in [0.15, 0.2) is 51.4 Å². The Morgan fingerprint density at radius 2 is 1.78 bits per heavy atom. The number of fused-ring (bicyclic) bond motifs is 1. The topological polar surface area (TPSA) is 42.4 Å². The first kappa shape index (κ1) is 16.0. The molecule has 0 bridgehead atoms. The zero-order valence-electron chi connectivity index (χ0n) is 12.3. The van der Waals surface area contributed by atoms with Crippen molar-refractivity contribution in [2.24, 2.45) is 0 Å². The average Bonchev–Trinajstić information content (AvgIpc) is 2.53. The highest BCUT2D eigenvalue weighted by Crippen LogP contribution is 2.35. The molecular formula is C18H13Br2NO2. The van der Waals surface area contributed by atoms with Crippen molar-refractivity contribution < 1.29 is 9.84 Å². The predicted octanol–water partition coefficient (Wildman–Crippen LogP) is 5.64. The van der Waals surface area contributed by atoms with Crippen molar-refractivity contribution in [3.63, 3.8) is 0 Å². The molecule has 0 aliphatic carbocycles. The number of pyridine rings is 1. The van der Waals surface area contributed by atoms with E-state index < -0.39 is 0 Å². The van der Waals surface area contributed by atoms with Gasteiger partial charge >= 0.3 is 0 Å². The van der Waals surface area contributed by atoms with Gasteiger partial charge in [0.2, 0.25) is 0 Å². The van der Waals surface area contributed by atoms with Crippen molar-refractivity contribution in [1.82, 2.24) is 4.98 Å². The van der Waals surface area contributed by atoms with Crippen LogP contribution < -0.4 is 4.74 Å². The van der Waals surface area contributed by atoms with Gasteiger partial charge in [-0.05, 0) is 67.8 Å². The van der Waals surface area contributed by atoms with Crippen LogP contribution >= 0.6 is 31.9 Å². The molecule has 0 saturated carbocycles. The molecule has 116 valence electrons. The second-order valence-electron chi connectivity index (χ2n) is 4.94. The first-order valence-electron chi connectivity index (χ1n) is 6.88. The Balaban J connectivity index is 1.95. The van der Waals surface area contributed by atoms with E-state index in [2.05, 4.69) is 36.8 Å². The number of phenolic OH excluding ortho intramolecular Hbond substituents is 1. The fourth-order valence-corrected chi connectivity index (χ4v) is 3.84. The number of nitrogens with zero attached hydrogens (tertiary/aromatic N) is 1. The Morgan fingerprint density at radius 3 is 2.48 bits per heavy atom. The van der Waals surface area contributed by atoms with E-state index in [4.69, 9.17) is 4.74 Å². The summed E-state index contributed by atoms with van der Waals surface area (Å²) < 4.78 is 7.04. The number of hydrogen-bond acceptors (Lipinski definition) is 3. The maximum absolute atomic E-state index is 9.90. The van der Waals surface area contributed by atoms with Crippen molar-refractivity contribution >= 4 is 54.9 Å². The van der Waals surface area contributed by atoms with Crippen LogP contribution in [-0.4, -0.2) is 17.2 Å².